The lowest BCUT2D eigenvalue weighted by atomic mass is 9.81. The SMILES string of the molecule is COc1c(NCCCn2ccnc2)c(F)c(N)c2c1C(c1ccccc1)C=CC2=O. The van der Waals surface area contributed by atoms with Gasteiger partial charge in [-0.3, -0.25) is 4.79 Å². The second kappa shape index (κ2) is 8.41. The van der Waals surface area contributed by atoms with Gasteiger partial charge in [-0.1, -0.05) is 36.4 Å². The zero-order chi connectivity index (χ0) is 21.1. The first-order valence-corrected chi connectivity index (χ1v) is 9.77. The predicted molar refractivity (Wildman–Crippen MR) is 114 cm³/mol. The van der Waals surface area contributed by atoms with Gasteiger partial charge in [0.2, 0.25) is 0 Å². The van der Waals surface area contributed by atoms with Crippen molar-refractivity contribution < 1.29 is 13.9 Å². The number of nitrogens with two attached hydrogens (primary N) is 1. The van der Waals surface area contributed by atoms with Gasteiger partial charge in [0.05, 0.1) is 24.7 Å². The number of methoxy groups -OCH3 is 1. The Kier molecular flexibility index (Phi) is 5.52. The Bertz CT molecular complexity index is 1080. The minimum absolute atomic E-state index is 0.154. The molecule has 0 amide bonds. The number of nitrogens with zero attached hydrogens (tertiary/aromatic N) is 2. The monoisotopic (exact) mass is 406 g/mol. The number of aryl methyl sites for hydroxylation is 1. The molecule has 0 bridgehead atoms. The molecule has 1 atom stereocenters. The van der Waals surface area contributed by atoms with Crippen molar-refractivity contribution in [1.29, 1.82) is 0 Å². The Balaban J connectivity index is 1.71. The minimum Gasteiger partial charge on any atom is -0.494 e. The van der Waals surface area contributed by atoms with Crippen molar-refractivity contribution in [2.24, 2.45) is 0 Å². The van der Waals surface area contributed by atoms with Crippen molar-refractivity contribution >= 4 is 17.2 Å². The van der Waals surface area contributed by atoms with Crippen LogP contribution < -0.4 is 15.8 Å². The van der Waals surface area contributed by atoms with E-state index in [0.717, 1.165) is 18.5 Å². The maximum Gasteiger partial charge on any atom is 0.188 e. The van der Waals surface area contributed by atoms with Gasteiger partial charge in [-0.2, -0.15) is 0 Å². The first kappa shape index (κ1) is 19.7. The lowest BCUT2D eigenvalue weighted by Crippen LogP contribution is -2.19. The van der Waals surface area contributed by atoms with Gasteiger partial charge in [-0.05, 0) is 18.1 Å². The Morgan fingerprint density at radius 2 is 2.10 bits per heavy atom. The van der Waals surface area contributed by atoms with Crippen molar-refractivity contribution in [3.8, 4) is 5.75 Å². The van der Waals surface area contributed by atoms with E-state index in [9.17, 15) is 4.79 Å². The molecule has 1 aromatic heterocycles. The molecule has 4 rings (SSSR count). The van der Waals surface area contributed by atoms with E-state index in [2.05, 4.69) is 10.3 Å². The van der Waals surface area contributed by atoms with Crippen LogP contribution in [0.15, 0.2) is 61.2 Å². The van der Waals surface area contributed by atoms with Crippen LogP contribution in [0.5, 0.6) is 5.75 Å². The molecule has 7 heteroatoms. The number of aromatic nitrogens is 2. The summed E-state index contributed by atoms with van der Waals surface area (Å²) in [5.41, 5.74) is 7.86. The molecule has 0 saturated heterocycles. The Hall–Kier alpha value is -3.61. The van der Waals surface area contributed by atoms with Crippen LogP contribution in [-0.4, -0.2) is 29.0 Å². The van der Waals surface area contributed by atoms with Crippen LogP contribution in [0.2, 0.25) is 0 Å². The number of rotatable bonds is 7. The van der Waals surface area contributed by atoms with Crippen molar-refractivity contribution in [3.63, 3.8) is 0 Å². The van der Waals surface area contributed by atoms with Crippen LogP contribution in [0, 0.1) is 5.82 Å². The van der Waals surface area contributed by atoms with E-state index in [1.165, 1.54) is 13.2 Å². The Morgan fingerprint density at radius 1 is 1.30 bits per heavy atom. The van der Waals surface area contributed by atoms with Crippen LogP contribution in [0.25, 0.3) is 0 Å². The maximum atomic E-state index is 15.2. The van der Waals surface area contributed by atoms with Gasteiger partial charge in [-0.15, -0.1) is 0 Å². The fraction of sp³-hybridized carbons (Fsp3) is 0.217. The van der Waals surface area contributed by atoms with Crippen LogP contribution >= 0.6 is 0 Å². The molecule has 1 aliphatic rings. The summed E-state index contributed by atoms with van der Waals surface area (Å²) in [7, 11) is 1.48. The van der Waals surface area contributed by atoms with E-state index in [1.807, 2.05) is 47.2 Å². The van der Waals surface area contributed by atoms with Gasteiger partial charge >= 0.3 is 0 Å². The van der Waals surface area contributed by atoms with Crippen LogP contribution in [0.1, 0.15) is 33.8 Å². The van der Waals surface area contributed by atoms with Crippen molar-refractivity contribution in [2.75, 3.05) is 24.7 Å². The van der Waals surface area contributed by atoms with Gasteiger partial charge in [0.25, 0.3) is 0 Å². The highest BCUT2D eigenvalue weighted by Gasteiger charge is 2.33. The highest BCUT2D eigenvalue weighted by molar-refractivity contribution is 6.12. The second-order valence-electron chi connectivity index (χ2n) is 7.12. The molecule has 0 radical (unpaired) electrons. The zero-order valence-electron chi connectivity index (χ0n) is 16.6. The number of halogens is 1. The Morgan fingerprint density at radius 3 is 2.80 bits per heavy atom. The molecule has 30 heavy (non-hydrogen) atoms. The first-order chi connectivity index (χ1) is 14.6. The molecular weight excluding hydrogens is 383 g/mol. The predicted octanol–water partition coefficient (Wildman–Crippen LogP) is 4.00. The van der Waals surface area contributed by atoms with Crippen molar-refractivity contribution in [3.05, 3.63) is 83.7 Å². The van der Waals surface area contributed by atoms with Gasteiger partial charge < -0.3 is 20.4 Å². The number of hydrogen-bond donors (Lipinski definition) is 2. The van der Waals surface area contributed by atoms with Gasteiger partial charge in [-0.25, -0.2) is 9.37 Å². The number of ether oxygens (including phenoxy) is 1. The quantitative estimate of drug-likeness (QED) is 0.458. The summed E-state index contributed by atoms with van der Waals surface area (Å²) in [5.74, 6) is -0.934. The molecule has 1 aliphatic carbocycles. The van der Waals surface area contributed by atoms with E-state index < -0.39 is 5.82 Å². The van der Waals surface area contributed by atoms with Gasteiger partial charge in [0, 0.05) is 37.0 Å². The summed E-state index contributed by atoms with van der Waals surface area (Å²) in [5, 5.41) is 3.12. The summed E-state index contributed by atoms with van der Waals surface area (Å²) in [6.07, 6.45) is 9.34. The fourth-order valence-corrected chi connectivity index (χ4v) is 3.86. The standard InChI is InChI=1S/C23H23FN4O2/c1-30-23-18-16(15-6-3-2-4-7-15)8-9-17(29)19(18)21(25)20(24)22(23)27-10-5-12-28-13-11-26-14-28/h2-4,6-9,11,13-14,16,27H,5,10,12,25H2,1H3. The molecule has 3 aromatic rings. The highest BCUT2D eigenvalue weighted by Crippen LogP contribution is 2.47. The number of allylic oxidation sites excluding steroid dienone is 2. The third-order valence-corrected chi connectivity index (χ3v) is 5.28. The molecular formula is C23H23FN4O2. The molecule has 6 nitrogen and oxygen atoms in total. The summed E-state index contributed by atoms with van der Waals surface area (Å²) < 4.78 is 22.8. The molecule has 3 N–H and O–H groups in total. The number of fused-ring (bicyclic) bond motifs is 1. The Labute approximate surface area is 174 Å². The third-order valence-electron chi connectivity index (χ3n) is 5.28. The van der Waals surface area contributed by atoms with Crippen molar-refractivity contribution in [1.82, 2.24) is 9.55 Å². The second-order valence-corrected chi connectivity index (χ2v) is 7.12. The van der Waals surface area contributed by atoms with E-state index in [-0.39, 0.29) is 28.6 Å². The summed E-state index contributed by atoms with van der Waals surface area (Å²) in [6, 6.07) is 9.70. The average Bonchev–Trinajstić information content (AvgIpc) is 3.28. The van der Waals surface area contributed by atoms with E-state index in [0.29, 0.717) is 17.9 Å². The molecule has 0 spiro atoms. The van der Waals surface area contributed by atoms with Gasteiger partial charge in [0.1, 0.15) is 11.4 Å². The van der Waals surface area contributed by atoms with Crippen molar-refractivity contribution in [2.45, 2.75) is 18.9 Å². The number of imidazole rings is 1. The number of ketones is 1. The molecule has 0 saturated carbocycles. The largest absolute Gasteiger partial charge is 0.494 e. The van der Waals surface area contributed by atoms with Crippen LogP contribution in [0.3, 0.4) is 0 Å². The number of carbonyl (C=O) groups is 1. The molecule has 0 fully saturated rings. The fourth-order valence-electron chi connectivity index (χ4n) is 3.86. The average molecular weight is 406 g/mol. The van der Waals surface area contributed by atoms with Gasteiger partial charge in [0.15, 0.2) is 11.6 Å². The van der Waals surface area contributed by atoms with E-state index >= 15 is 4.39 Å². The van der Waals surface area contributed by atoms with E-state index in [1.54, 1.807) is 12.5 Å². The number of nitrogens with one attached hydrogen (secondary N) is 1. The third kappa shape index (κ3) is 3.54. The first-order valence-electron chi connectivity index (χ1n) is 9.77. The summed E-state index contributed by atoms with van der Waals surface area (Å²) >= 11 is 0. The molecule has 154 valence electrons. The van der Waals surface area contributed by atoms with Crippen LogP contribution in [-0.2, 0) is 6.54 Å². The molecule has 1 heterocycles. The number of hydrogen-bond acceptors (Lipinski definition) is 5. The summed E-state index contributed by atoms with van der Waals surface area (Å²) in [6.45, 7) is 1.24. The number of benzene rings is 2. The summed E-state index contributed by atoms with van der Waals surface area (Å²) in [4.78, 5) is 16.6. The van der Waals surface area contributed by atoms with Crippen LogP contribution in [0.4, 0.5) is 15.8 Å². The normalized spacial score (nSPS) is 15.1. The number of anilines is 2. The molecule has 2 aromatic carbocycles. The van der Waals surface area contributed by atoms with E-state index in [4.69, 9.17) is 10.5 Å². The smallest absolute Gasteiger partial charge is 0.188 e. The topological polar surface area (TPSA) is 82.2 Å². The lowest BCUT2D eigenvalue weighted by molar-refractivity contribution is 0.104. The highest BCUT2D eigenvalue weighted by atomic mass is 19.1. The number of carbonyl (C=O) groups excluding carboxylic acids is 1. The minimum atomic E-state index is -0.663. The lowest BCUT2D eigenvalue weighted by Gasteiger charge is -2.27. The zero-order valence-corrected chi connectivity index (χ0v) is 16.6. The number of nitrogen functional groups attached to an aromatic ring is 1. The maximum absolute atomic E-state index is 15.2. The molecule has 1 unspecified atom stereocenters. The molecule has 0 aliphatic heterocycles.